The van der Waals surface area contributed by atoms with E-state index in [9.17, 15) is 4.79 Å². The third kappa shape index (κ3) is 5.23. The number of hydrogen-bond donors (Lipinski definition) is 2. The Morgan fingerprint density at radius 1 is 1.40 bits per heavy atom. The van der Waals surface area contributed by atoms with Crippen molar-refractivity contribution in [2.24, 2.45) is 0 Å². The van der Waals surface area contributed by atoms with Crippen molar-refractivity contribution in [2.45, 2.75) is 19.9 Å². The first-order chi connectivity index (χ1) is 9.15. The molecule has 2 N–H and O–H groups in total. The highest BCUT2D eigenvalue weighted by molar-refractivity contribution is 7.99. The second kappa shape index (κ2) is 8.39. The minimum Gasteiger partial charge on any atom is -0.492 e. The van der Waals surface area contributed by atoms with Gasteiger partial charge in [0.15, 0.2) is 0 Å². The van der Waals surface area contributed by atoms with Crippen LogP contribution in [0.5, 0.6) is 5.75 Å². The smallest absolute Gasteiger partial charge is 0.238 e. The number of nitrogens with one attached hydrogen (secondary N) is 2. The molecule has 0 spiro atoms. The molecule has 20 heavy (non-hydrogen) atoms. The van der Waals surface area contributed by atoms with Gasteiger partial charge in [-0.2, -0.15) is 0 Å². The zero-order chi connectivity index (χ0) is 13.7. The highest BCUT2D eigenvalue weighted by atomic mass is 35.5. The van der Waals surface area contributed by atoms with Gasteiger partial charge in [-0.15, -0.1) is 24.2 Å². The van der Waals surface area contributed by atoms with Crippen molar-refractivity contribution < 1.29 is 9.53 Å². The molecule has 1 aliphatic rings. The summed E-state index contributed by atoms with van der Waals surface area (Å²) < 4.78 is 5.64. The zero-order valence-corrected chi connectivity index (χ0v) is 13.4. The van der Waals surface area contributed by atoms with Gasteiger partial charge in [0.05, 0.1) is 12.6 Å². The molecule has 1 unspecified atom stereocenters. The molecule has 1 aromatic carbocycles. The van der Waals surface area contributed by atoms with E-state index in [-0.39, 0.29) is 24.4 Å². The number of amides is 1. The largest absolute Gasteiger partial charge is 0.492 e. The summed E-state index contributed by atoms with van der Waals surface area (Å²) in [5, 5.41) is 6.02. The van der Waals surface area contributed by atoms with E-state index in [0.717, 1.165) is 17.4 Å². The second-order valence-corrected chi connectivity index (χ2v) is 5.76. The summed E-state index contributed by atoms with van der Waals surface area (Å²) in [6.45, 7) is 5.12. The van der Waals surface area contributed by atoms with Gasteiger partial charge in [0.25, 0.3) is 0 Å². The summed E-state index contributed by atoms with van der Waals surface area (Å²) in [5.74, 6) is 2.64. The number of ether oxygens (including phenoxy) is 1. The fraction of sp³-hybridized carbons (Fsp3) is 0.500. The molecule has 1 heterocycles. The first-order valence-corrected chi connectivity index (χ1v) is 7.60. The highest BCUT2D eigenvalue weighted by Crippen LogP contribution is 2.15. The molecule has 0 aliphatic carbocycles. The maximum absolute atomic E-state index is 11.7. The number of thioether (sulfide) groups is 1. The predicted octanol–water partition coefficient (Wildman–Crippen LogP) is 1.88. The topological polar surface area (TPSA) is 50.4 Å². The molecular formula is C14H21ClN2O2S. The van der Waals surface area contributed by atoms with Crippen molar-refractivity contribution in [3.05, 3.63) is 29.3 Å². The molecule has 0 aromatic heterocycles. The first-order valence-electron chi connectivity index (χ1n) is 6.45. The summed E-state index contributed by atoms with van der Waals surface area (Å²) in [6, 6.07) is 6.07. The van der Waals surface area contributed by atoms with E-state index in [2.05, 4.69) is 16.7 Å². The lowest BCUT2D eigenvalue weighted by molar-refractivity contribution is -0.122. The number of rotatable bonds is 5. The van der Waals surface area contributed by atoms with Crippen LogP contribution in [-0.2, 0) is 4.79 Å². The Bertz CT molecular complexity index is 431. The lowest BCUT2D eigenvalue weighted by atomic mass is 10.1. The second-order valence-electron chi connectivity index (χ2n) is 4.73. The molecule has 6 heteroatoms. The van der Waals surface area contributed by atoms with Crippen molar-refractivity contribution in [1.29, 1.82) is 0 Å². The Morgan fingerprint density at radius 2 is 2.10 bits per heavy atom. The molecule has 0 radical (unpaired) electrons. The Morgan fingerprint density at radius 3 is 2.70 bits per heavy atom. The van der Waals surface area contributed by atoms with Crippen molar-refractivity contribution in [3.8, 4) is 5.75 Å². The maximum Gasteiger partial charge on any atom is 0.238 e. The Kier molecular flexibility index (Phi) is 7.19. The van der Waals surface area contributed by atoms with Crippen LogP contribution in [0.25, 0.3) is 0 Å². The van der Waals surface area contributed by atoms with Crippen LogP contribution in [0.4, 0.5) is 0 Å². The lowest BCUT2D eigenvalue weighted by Gasteiger charge is -2.12. The molecule has 1 saturated heterocycles. The Hall–Kier alpha value is -0.910. The van der Waals surface area contributed by atoms with Crippen LogP contribution >= 0.6 is 24.2 Å². The number of carbonyl (C=O) groups excluding carboxylic acids is 1. The van der Waals surface area contributed by atoms with Gasteiger partial charge < -0.3 is 10.1 Å². The van der Waals surface area contributed by atoms with E-state index >= 15 is 0 Å². The predicted molar refractivity (Wildman–Crippen MR) is 85.9 cm³/mol. The number of aryl methyl sites for hydroxylation is 2. The summed E-state index contributed by atoms with van der Waals surface area (Å²) >= 11 is 1.75. The van der Waals surface area contributed by atoms with E-state index < -0.39 is 0 Å². The van der Waals surface area contributed by atoms with Crippen molar-refractivity contribution >= 4 is 30.1 Å². The van der Waals surface area contributed by atoms with E-state index in [0.29, 0.717) is 13.2 Å². The van der Waals surface area contributed by atoms with Crippen LogP contribution in [0.2, 0.25) is 0 Å². The van der Waals surface area contributed by atoms with Crippen LogP contribution in [0.15, 0.2) is 18.2 Å². The third-order valence-electron chi connectivity index (χ3n) is 2.90. The Labute approximate surface area is 130 Å². The molecule has 4 nitrogen and oxygen atoms in total. The Balaban J connectivity index is 0.00000200. The van der Waals surface area contributed by atoms with Crippen LogP contribution in [0.1, 0.15) is 11.1 Å². The highest BCUT2D eigenvalue weighted by Gasteiger charge is 2.21. The maximum atomic E-state index is 11.7. The number of halogens is 1. The molecule has 1 aliphatic heterocycles. The van der Waals surface area contributed by atoms with Crippen LogP contribution in [-0.4, -0.2) is 36.7 Å². The molecule has 2 rings (SSSR count). The average molecular weight is 317 g/mol. The fourth-order valence-corrected chi connectivity index (χ4v) is 2.99. The quantitative estimate of drug-likeness (QED) is 0.815. The van der Waals surface area contributed by atoms with Gasteiger partial charge in [0, 0.05) is 11.6 Å². The molecule has 0 bridgehead atoms. The molecule has 1 fully saturated rings. The van der Waals surface area contributed by atoms with Crippen molar-refractivity contribution in [2.75, 3.05) is 24.8 Å². The van der Waals surface area contributed by atoms with E-state index in [1.807, 2.05) is 26.0 Å². The SMILES string of the molecule is Cc1cc(C)cc(OCCNC(=O)C2CSCN2)c1.Cl. The third-order valence-corrected chi connectivity index (χ3v) is 3.84. The van der Waals surface area contributed by atoms with Crippen molar-refractivity contribution in [3.63, 3.8) is 0 Å². The minimum atomic E-state index is -0.0498. The molecule has 0 saturated carbocycles. The van der Waals surface area contributed by atoms with Crippen LogP contribution in [0, 0.1) is 13.8 Å². The van der Waals surface area contributed by atoms with Crippen LogP contribution < -0.4 is 15.4 Å². The summed E-state index contributed by atoms with van der Waals surface area (Å²) in [7, 11) is 0. The molecule has 1 aromatic rings. The van der Waals surface area contributed by atoms with Gasteiger partial charge in [-0.25, -0.2) is 0 Å². The van der Waals surface area contributed by atoms with Crippen molar-refractivity contribution in [1.82, 2.24) is 10.6 Å². The van der Waals surface area contributed by atoms with Gasteiger partial charge in [0.1, 0.15) is 12.4 Å². The lowest BCUT2D eigenvalue weighted by Crippen LogP contribution is -2.43. The molecule has 1 amide bonds. The zero-order valence-electron chi connectivity index (χ0n) is 11.8. The van der Waals surface area contributed by atoms with Gasteiger partial charge in [-0.05, 0) is 37.1 Å². The first kappa shape index (κ1) is 17.1. The normalized spacial score (nSPS) is 17.4. The van der Waals surface area contributed by atoms with E-state index in [1.54, 1.807) is 11.8 Å². The van der Waals surface area contributed by atoms with Gasteiger partial charge in [-0.1, -0.05) is 6.07 Å². The average Bonchev–Trinajstić information content (AvgIpc) is 2.87. The molecule has 112 valence electrons. The summed E-state index contributed by atoms with van der Waals surface area (Å²) in [5.41, 5.74) is 2.37. The number of benzene rings is 1. The fourth-order valence-electron chi connectivity index (χ4n) is 2.05. The van der Waals surface area contributed by atoms with E-state index in [1.165, 1.54) is 11.1 Å². The minimum absolute atomic E-state index is 0. The standard InChI is InChI=1S/C14H20N2O2S.ClH/c1-10-5-11(2)7-12(6-10)18-4-3-15-14(17)13-8-19-9-16-13;/h5-7,13,16H,3-4,8-9H2,1-2H3,(H,15,17);1H. The van der Waals surface area contributed by atoms with Gasteiger partial charge >= 0.3 is 0 Å². The van der Waals surface area contributed by atoms with Gasteiger partial charge in [0.2, 0.25) is 5.91 Å². The monoisotopic (exact) mass is 316 g/mol. The molecular weight excluding hydrogens is 296 g/mol. The van der Waals surface area contributed by atoms with E-state index in [4.69, 9.17) is 4.74 Å². The van der Waals surface area contributed by atoms with Crippen LogP contribution in [0.3, 0.4) is 0 Å². The number of hydrogen-bond acceptors (Lipinski definition) is 4. The van der Waals surface area contributed by atoms with Gasteiger partial charge in [-0.3, -0.25) is 10.1 Å². The summed E-state index contributed by atoms with van der Waals surface area (Å²) in [4.78, 5) is 11.7. The molecule has 1 atom stereocenters. The number of carbonyl (C=O) groups is 1. The summed E-state index contributed by atoms with van der Waals surface area (Å²) in [6.07, 6.45) is 0.